The summed E-state index contributed by atoms with van der Waals surface area (Å²) in [4.78, 5) is 11.7. The minimum absolute atomic E-state index is 0.0810. The van der Waals surface area contributed by atoms with Crippen LogP contribution in [0.15, 0.2) is 12.1 Å². The van der Waals surface area contributed by atoms with E-state index in [0.29, 0.717) is 0 Å². The van der Waals surface area contributed by atoms with Gasteiger partial charge in [-0.2, -0.15) is 13.2 Å². The second kappa shape index (κ2) is 3.99. The number of rotatable bonds is 2. The highest BCUT2D eigenvalue weighted by molar-refractivity contribution is 5.31. The predicted molar refractivity (Wildman–Crippen MR) is 40.9 cm³/mol. The van der Waals surface area contributed by atoms with Gasteiger partial charge in [0.05, 0.1) is 5.56 Å². The molecule has 0 N–H and O–H groups in total. The van der Waals surface area contributed by atoms with E-state index in [4.69, 9.17) is 0 Å². The highest BCUT2D eigenvalue weighted by atomic mass is 19.4. The topological polar surface area (TPSA) is 56.0 Å². The average Bonchev–Trinajstić information content (AvgIpc) is 2.15. The van der Waals surface area contributed by atoms with Gasteiger partial charge in [0.25, 0.3) is 0 Å². The van der Waals surface area contributed by atoms with E-state index in [0.717, 1.165) is 0 Å². The summed E-state index contributed by atoms with van der Waals surface area (Å²) in [5, 5.41) is 10.2. The van der Waals surface area contributed by atoms with Crippen LogP contribution in [0.4, 0.5) is 27.8 Å². The van der Waals surface area contributed by atoms with Gasteiger partial charge in [0.1, 0.15) is 0 Å². The fourth-order valence-corrected chi connectivity index (χ4v) is 0.906. The van der Waals surface area contributed by atoms with Crippen molar-refractivity contribution in [1.82, 2.24) is 4.98 Å². The van der Waals surface area contributed by atoms with Gasteiger partial charge in [-0.3, -0.25) is 0 Å². The molecule has 1 aromatic rings. The molecule has 0 bridgehead atoms. The second-order valence-corrected chi connectivity index (χ2v) is 2.69. The van der Waals surface area contributed by atoms with Crippen molar-refractivity contribution >= 4 is 5.82 Å². The Bertz CT molecular complexity index is 418. The molecule has 0 fully saturated rings. The number of hydrogen-bond donors (Lipinski definition) is 0. The number of alkyl halides is 5. The molecular weight excluding hydrogens is 239 g/mol. The number of nitrogens with zero attached hydrogens (tertiary/aromatic N) is 2. The van der Waals surface area contributed by atoms with Crippen LogP contribution in [-0.4, -0.2) is 9.91 Å². The van der Waals surface area contributed by atoms with Gasteiger partial charge in [0.2, 0.25) is 5.69 Å². The Morgan fingerprint density at radius 1 is 1.31 bits per heavy atom. The molecule has 0 aliphatic carbocycles. The van der Waals surface area contributed by atoms with Crippen LogP contribution < -0.4 is 0 Å². The van der Waals surface area contributed by atoms with E-state index in [2.05, 4.69) is 4.98 Å². The van der Waals surface area contributed by atoms with Gasteiger partial charge in [0, 0.05) is 12.1 Å². The van der Waals surface area contributed by atoms with Crippen LogP contribution in [0.2, 0.25) is 0 Å². The third-order valence-corrected chi connectivity index (χ3v) is 1.57. The summed E-state index contributed by atoms with van der Waals surface area (Å²) in [5.74, 6) is -1.26. The molecule has 0 aliphatic heterocycles. The first-order valence-electron chi connectivity index (χ1n) is 3.73. The highest BCUT2D eigenvalue weighted by Crippen LogP contribution is 2.33. The first kappa shape index (κ1) is 12.3. The summed E-state index contributed by atoms with van der Waals surface area (Å²) in [7, 11) is 0. The van der Waals surface area contributed by atoms with Crippen molar-refractivity contribution in [3.05, 3.63) is 33.5 Å². The average molecular weight is 242 g/mol. The van der Waals surface area contributed by atoms with E-state index < -0.39 is 34.6 Å². The van der Waals surface area contributed by atoms with Gasteiger partial charge in [0.15, 0.2) is 0 Å². The van der Waals surface area contributed by atoms with Gasteiger partial charge in [-0.25, -0.2) is 8.78 Å². The van der Waals surface area contributed by atoms with Crippen LogP contribution >= 0.6 is 0 Å². The Morgan fingerprint density at radius 3 is 2.25 bits per heavy atom. The molecule has 16 heavy (non-hydrogen) atoms. The highest BCUT2D eigenvalue weighted by Gasteiger charge is 2.35. The summed E-state index contributed by atoms with van der Waals surface area (Å²) in [6, 6.07) is 0.184. The largest absolute Gasteiger partial charge is 0.416 e. The summed E-state index contributed by atoms with van der Waals surface area (Å²) in [5.41, 5.74) is -2.80. The van der Waals surface area contributed by atoms with Gasteiger partial charge in [-0.05, 0) is 9.91 Å². The molecule has 0 saturated heterocycles. The summed E-state index contributed by atoms with van der Waals surface area (Å²) >= 11 is 0. The lowest BCUT2D eigenvalue weighted by molar-refractivity contribution is -0.390. The van der Waals surface area contributed by atoms with E-state index in [1.54, 1.807) is 0 Å². The predicted octanol–water partition coefficient (Wildman–Crippen LogP) is 2.95. The minimum atomic E-state index is -4.93. The van der Waals surface area contributed by atoms with E-state index in [1.807, 2.05) is 0 Å². The second-order valence-electron chi connectivity index (χ2n) is 2.69. The minimum Gasteiger partial charge on any atom is -0.358 e. The number of pyridine rings is 1. The first-order chi connectivity index (χ1) is 7.21. The number of nitro groups is 1. The summed E-state index contributed by atoms with van der Waals surface area (Å²) < 4.78 is 60.8. The molecule has 88 valence electrons. The van der Waals surface area contributed by atoms with E-state index in [1.165, 1.54) is 0 Å². The summed E-state index contributed by atoms with van der Waals surface area (Å²) in [6.07, 6.45) is -8.24. The fraction of sp³-hybridized carbons (Fsp3) is 0.286. The van der Waals surface area contributed by atoms with Crippen molar-refractivity contribution in [1.29, 1.82) is 0 Å². The molecule has 1 heterocycles. The maximum atomic E-state index is 12.2. The molecule has 0 aliphatic rings. The molecule has 0 atom stereocenters. The monoisotopic (exact) mass is 242 g/mol. The molecule has 1 rings (SSSR count). The van der Waals surface area contributed by atoms with Crippen LogP contribution in [0.1, 0.15) is 17.7 Å². The maximum Gasteiger partial charge on any atom is 0.416 e. The Balaban J connectivity index is 3.36. The van der Waals surface area contributed by atoms with Crippen LogP contribution in [0.3, 0.4) is 0 Å². The van der Waals surface area contributed by atoms with Crippen molar-refractivity contribution in [2.24, 2.45) is 0 Å². The molecule has 1 aromatic heterocycles. The third kappa shape index (κ3) is 2.61. The Labute approximate surface area is 84.9 Å². The quantitative estimate of drug-likeness (QED) is 0.455. The van der Waals surface area contributed by atoms with Gasteiger partial charge in [-0.15, -0.1) is 0 Å². The lowest BCUT2D eigenvalue weighted by atomic mass is 10.2. The number of halogens is 5. The first-order valence-corrected chi connectivity index (χ1v) is 3.73. The lowest BCUT2D eigenvalue weighted by Gasteiger charge is -2.06. The molecular formula is C7H3F5N2O2. The van der Waals surface area contributed by atoms with E-state index in [-0.39, 0.29) is 12.1 Å². The van der Waals surface area contributed by atoms with Gasteiger partial charge < -0.3 is 10.1 Å². The Hall–Kier alpha value is -1.80. The zero-order valence-electron chi connectivity index (χ0n) is 7.33. The maximum absolute atomic E-state index is 12.2. The smallest absolute Gasteiger partial charge is 0.358 e. The van der Waals surface area contributed by atoms with Crippen LogP contribution in [0, 0.1) is 10.1 Å². The third-order valence-electron chi connectivity index (χ3n) is 1.57. The lowest BCUT2D eigenvalue weighted by Crippen LogP contribution is -2.08. The molecule has 0 radical (unpaired) electrons. The normalized spacial score (nSPS) is 11.9. The summed E-state index contributed by atoms with van der Waals surface area (Å²) in [6.45, 7) is 0. The zero-order chi connectivity index (χ0) is 12.5. The van der Waals surface area contributed by atoms with Crippen LogP contribution in [0.5, 0.6) is 0 Å². The Kier molecular flexibility index (Phi) is 3.06. The van der Waals surface area contributed by atoms with Crippen molar-refractivity contribution in [3.8, 4) is 0 Å². The van der Waals surface area contributed by atoms with Crippen molar-refractivity contribution in [3.63, 3.8) is 0 Å². The van der Waals surface area contributed by atoms with Crippen molar-refractivity contribution < 1.29 is 26.9 Å². The van der Waals surface area contributed by atoms with Gasteiger partial charge in [-0.1, -0.05) is 0 Å². The molecule has 0 aromatic carbocycles. The molecule has 0 unspecified atom stereocenters. The number of hydrogen-bond acceptors (Lipinski definition) is 3. The van der Waals surface area contributed by atoms with Gasteiger partial charge >= 0.3 is 18.4 Å². The molecule has 4 nitrogen and oxygen atoms in total. The fourth-order valence-electron chi connectivity index (χ4n) is 0.906. The molecule has 0 spiro atoms. The number of aromatic nitrogens is 1. The standard InChI is InChI=1S/C7H3F5N2O2/c8-6(9)4-1-3(7(10,11)12)2-5(13-4)14(15)16/h1-2,6H. The zero-order valence-corrected chi connectivity index (χ0v) is 7.33. The van der Waals surface area contributed by atoms with Crippen LogP contribution in [0.25, 0.3) is 0 Å². The van der Waals surface area contributed by atoms with E-state index in [9.17, 15) is 32.1 Å². The molecule has 0 amide bonds. The SMILES string of the molecule is O=[N+]([O-])c1cc(C(F)(F)F)cc(C(F)F)n1. The molecule has 0 saturated carbocycles. The van der Waals surface area contributed by atoms with Crippen LogP contribution in [-0.2, 0) is 6.18 Å². The van der Waals surface area contributed by atoms with Crippen molar-refractivity contribution in [2.45, 2.75) is 12.6 Å². The molecule has 9 heteroatoms. The van der Waals surface area contributed by atoms with Crippen molar-refractivity contribution in [2.75, 3.05) is 0 Å². The van der Waals surface area contributed by atoms with E-state index >= 15 is 0 Å². The Morgan fingerprint density at radius 2 is 1.88 bits per heavy atom.